The van der Waals surface area contributed by atoms with Gasteiger partial charge in [-0.3, -0.25) is 0 Å². The molecule has 2 aliphatic rings. The first-order chi connectivity index (χ1) is 10.2. The molecular weight excluding hydrogens is 256 g/mol. The third-order valence-electron chi connectivity index (χ3n) is 5.85. The minimum Gasteiger partial charge on any atom is -0.316 e. The summed E-state index contributed by atoms with van der Waals surface area (Å²) in [7, 11) is 0. The van der Waals surface area contributed by atoms with Gasteiger partial charge in [0.1, 0.15) is 0 Å². The average Bonchev–Trinajstić information content (AvgIpc) is 3.02. The van der Waals surface area contributed by atoms with Crippen LogP contribution in [0.2, 0.25) is 0 Å². The van der Waals surface area contributed by atoms with Crippen LogP contribution in [0.1, 0.15) is 72.1 Å². The molecule has 2 atom stereocenters. The van der Waals surface area contributed by atoms with Crippen LogP contribution in [0.25, 0.3) is 0 Å². The fraction of sp³-hybridized carbons (Fsp3) is 1.00. The third kappa shape index (κ3) is 5.90. The number of nitrogens with one attached hydrogen (secondary N) is 1. The van der Waals surface area contributed by atoms with E-state index in [-0.39, 0.29) is 0 Å². The van der Waals surface area contributed by atoms with Crippen LogP contribution in [-0.4, -0.2) is 37.1 Å². The highest BCUT2D eigenvalue weighted by Crippen LogP contribution is 2.27. The van der Waals surface area contributed by atoms with Gasteiger partial charge < -0.3 is 10.2 Å². The molecule has 1 saturated heterocycles. The fourth-order valence-electron chi connectivity index (χ4n) is 4.14. The van der Waals surface area contributed by atoms with Gasteiger partial charge in [-0.15, -0.1) is 0 Å². The lowest BCUT2D eigenvalue weighted by molar-refractivity contribution is 0.161. The molecule has 2 nitrogen and oxygen atoms in total. The zero-order valence-corrected chi connectivity index (χ0v) is 14.7. The minimum atomic E-state index is 0.842. The number of rotatable bonds is 8. The van der Waals surface area contributed by atoms with Crippen molar-refractivity contribution in [1.29, 1.82) is 0 Å². The summed E-state index contributed by atoms with van der Waals surface area (Å²) in [6, 6.07) is 0.903. The van der Waals surface area contributed by atoms with Crippen molar-refractivity contribution in [3.63, 3.8) is 0 Å². The van der Waals surface area contributed by atoms with E-state index in [9.17, 15) is 0 Å². The van der Waals surface area contributed by atoms with Crippen molar-refractivity contribution in [2.45, 2.75) is 78.2 Å². The Kier molecular flexibility index (Phi) is 7.53. The highest BCUT2D eigenvalue weighted by Gasteiger charge is 2.25. The van der Waals surface area contributed by atoms with Crippen molar-refractivity contribution in [3.8, 4) is 0 Å². The first-order valence-electron chi connectivity index (χ1n) is 9.61. The van der Waals surface area contributed by atoms with E-state index in [1.807, 2.05) is 0 Å². The molecule has 0 amide bonds. The molecule has 2 heteroatoms. The lowest BCUT2D eigenvalue weighted by Crippen LogP contribution is -2.38. The molecule has 21 heavy (non-hydrogen) atoms. The van der Waals surface area contributed by atoms with Gasteiger partial charge >= 0.3 is 0 Å². The van der Waals surface area contributed by atoms with Crippen LogP contribution in [0.4, 0.5) is 0 Å². The summed E-state index contributed by atoms with van der Waals surface area (Å²) in [5.41, 5.74) is 0. The molecule has 2 fully saturated rings. The van der Waals surface area contributed by atoms with E-state index in [0.717, 1.165) is 23.8 Å². The highest BCUT2D eigenvalue weighted by molar-refractivity contribution is 4.80. The van der Waals surface area contributed by atoms with Crippen LogP contribution >= 0.6 is 0 Å². The second kappa shape index (κ2) is 9.15. The lowest BCUT2D eigenvalue weighted by Gasteiger charge is -2.33. The van der Waals surface area contributed by atoms with Crippen molar-refractivity contribution >= 4 is 0 Å². The van der Waals surface area contributed by atoms with Crippen molar-refractivity contribution in [2.75, 3.05) is 26.2 Å². The maximum atomic E-state index is 3.58. The molecule has 0 radical (unpaired) electrons. The summed E-state index contributed by atoms with van der Waals surface area (Å²) < 4.78 is 0. The fourth-order valence-corrected chi connectivity index (χ4v) is 4.14. The average molecular weight is 295 g/mol. The van der Waals surface area contributed by atoms with E-state index >= 15 is 0 Å². The van der Waals surface area contributed by atoms with E-state index < -0.39 is 0 Å². The predicted molar refractivity (Wildman–Crippen MR) is 92.7 cm³/mol. The standard InChI is InChI=1S/C19H38N2/c1-16(2)10-13-21(19-8-4-5-9-19)14-11-17(3)18-7-6-12-20-15-18/h16-20H,4-15H2,1-3H3. The normalized spacial score (nSPS) is 25.9. The van der Waals surface area contributed by atoms with Crippen molar-refractivity contribution in [3.05, 3.63) is 0 Å². The quantitative estimate of drug-likeness (QED) is 0.718. The maximum Gasteiger partial charge on any atom is 0.00952 e. The van der Waals surface area contributed by atoms with Crippen LogP contribution in [0, 0.1) is 17.8 Å². The third-order valence-corrected chi connectivity index (χ3v) is 5.85. The van der Waals surface area contributed by atoms with Crippen LogP contribution in [0.5, 0.6) is 0 Å². The molecule has 0 aromatic carbocycles. The second-order valence-corrected chi connectivity index (χ2v) is 8.03. The number of piperidine rings is 1. The molecule has 1 aliphatic carbocycles. The molecule has 124 valence electrons. The molecule has 1 N–H and O–H groups in total. The van der Waals surface area contributed by atoms with Gasteiger partial charge in [0.2, 0.25) is 0 Å². The molecule has 0 aromatic heterocycles. The second-order valence-electron chi connectivity index (χ2n) is 8.03. The van der Waals surface area contributed by atoms with Crippen LogP contribution in [0.3, 0.4) is 0 Å². The van der Waals surface area contributed by atoms with E-state index in [2.05, 4.69) is 31.0 Å². The van der Waals surface area contributed by atoms with Gasteiger partial charge in [-0.25, -0.2) is 0 Å². The van der Waals surface area contributed by atoms with Gasteiger partial charge in [0, 0.05) is 6.04 Å². The van der Waals surface area contributed by atoms with Crippen molar-refractivity contribution in [1.82, 2.24) is 10.2 Å². The molecule has 1 saturated carbocycles. The summed E-state index contributed by atoms with van der Waals surface area (Å²) >= 11 is 0. The van der Waals surface area contributed by atoms with Gasteiger partial charge in [0.05, 0.1) is 0 Å². The Labute approximate surface area is 133 Å². The molecule has 1 aliphatic heterocycles. The minimum absolute atomic E-state index is 0.842. The molecular formula is C19H38N2. The van der Waals surface area contributed by atoms with Crippen molar-refractivity contribution in [2.24, 2.45) is 17.8 Å². The number of nitrogens with zero attached hydrogens (tertiary/aromatic N) is 1. The summed E-state index contributed by atoms with van der Waals surface area (Å²) in [6.45, 7) is 12.4. The molecule has 1 heterocycles. The topological polar surface area (TPSA) is 15.3 Å². The smallest absolute Gasteiger partial charge is 0.00952 e. The number of hydrogen-bond acceptors (Lipinski definition) is 2. The van der Waals surface area contributed by atoms with Crippen LogP contribution in [0.15, 0.2) is 0 Å². The SMILES string of the molecule is CC(C)CCN(CCC(C)C1CCCNC1)C1CCCC1. The monoisotopic (exact) mass is 294 g/mol. The summed E-state index contributed by atoms with van der Waals surface area (Å²) in [5, 5.41) is 3.58. The van der Waals surface area contributed by atoms with Gasteiger partial charge in [-0.05, 0) is 82.5 Å². The zero-order valence-electron chi connectivity index (χ0n) is 14.7. The van der Waals surface area contributed by atoms with E-state index in [0.29, 0.717) is 0 Å². The summed E-state index contributed by atoms with van der Waals surface area (Å²) in [4.78, 5) is 2.85. The molecule has 0 bridgehead atoms. The Morgan fingerprint density at radius 3 is 2.29 bits per heavy atom. The Balaban J connectivity index is 1.76. The highest BCUT2D eigenvalue weighted by atomic mass is 15.2. The van der Waals surface area contributed by atoms with Gasteiger partial charge in [-0.1, -0.05) is 33.6 Å². The zero-order chi connectivity index (χ0) is 15.1. The first kappa shape index (κ1) is 17.3. The van der Waals surface area contributed by atoms with Gasteiger partial charge in [0.25, 0.3) is 0 Å². The number of hydrogen-bond donors (Lipinski definition) is 1. The first-order valence-corrected chi connectivity index (χ1v) is 9.61. The Bertz CT molecular complexity index is 265. The Morgan fingerprint density at radius 2 is 1.67 bits per heavy atom. The van der Waals surface area contributed by atoms with E-state index in [1.54, 1.807) is 0 Å². The van der Waals surface area contributed by atoms with E-state index in [1.165, 1.54) is 77.5 Å². The van der Waals surface area contributed by atoms with Crippen LogP contribution in [-0.2, 0) is 0 Å². The largest absolute Gasteiger partial charge is 0.316 e. The predicted octanol–water partition coefficient (Wildman–Crippen LogP) is 4.30. The molecule has 2 unspecified atom stereocenters. The molecule has 0 spiro atoms. The summed E-state index contributed by atoms with van der Waals surface area (Å²) in [6.07, 6.45) is 11.4. The van der Waals surface area contributed by atoms with Gasteiger partial charge in [-0.2, -0.15) is 0 Å². The van der Waals surface area contributed by atoms with Crippen molar-refractivity contribution < 1.29 is 0 Å². The van der Waals surface area contributed by atoms with E-state index in [4.69, 9.17) is 0 Å². The Morgan fingerprint density at radius 1 is 0.952 bits per heavy atom. The molecule has 0 aromatic rings. The maximum absolute atomic E-state index is 3.58. The van der Waals surface area contributed by atoms with Crippen LogP contribution < -0.4 is 5.32 Å². The van der Waals surface area contributed by atoms with Gasteiger partial charge in [0.15, 0.2) is 0 Å². The Hall–Kier alpha value is -0.0800. The molecule has 2 rings (SSSR count). The summed E-state index contributed by atoms with van der Waals surface area (Å²) in [5.74, 6) is 2.66. The lowest BCUT2D eigenvalue weighted by atomic mass is 9.85.